The molecule has 0 fully saturated rings. The number of hydrogen-bond donors (Lipinski definition) is 2. The molecule has 0 bridgehead atoms. The molecule has 0 saturated heterocycles. The van der Waals surface area contributed by atoms with Crippen LogP contribution in [-0.2, 0) is 13.1 Å². The average Bonchev–Trinajstić information content (AvgIpc) is 3.17. The third-order valence-electron chi connectivity index (χ3n) is 4.63. The van der Waals surface area contributed by atoms with Crippen molar-refractivity contribution in [1.82, 2.24) is 10.3 Å². The molecule has 0 aliphatic carbocycles. The van der Waals surface area contributed by atoms with Gasteiger partial charge in [0.15, 0.2) is 19.5 Å². The molecule has 2 aromatic carbocycles. The lowest BCUT2D eigenvalue weighted by Crippen LogP contribution is -2.24. The lowest BCUT2D eigenvalue weighted by molar-refractivity contribution is 0.0951. The van der Waals surface area contributed by atoms with Gasteiger partial charge in [-0.1, -0.05) is 30.3 Å². The van der Waals surface area contributed by atoms with Gasteiger partial charge in [-0.05, 0) is 40.7 Å². The number of carbonyl (C=O) groups excluding carboxylic acids is 1. The first-order chi connectivity index (χ1) is 14.5. The van der Waals surface area contributed by atoms with Crippen molar-refractivity contribution in [1.29, 1.82) is 0 Å². The summed E-state index contributed by atoms with van der Waals surface area (Å²) in [6.45, 7) is 0.625. The van der Waals surface area contributed by atoms with E-state index < -0.39 is 11.6 Å². The van der Waals surface area contributed by atoms with Gasteiger partial charge in [0.1, 0.15) is 5.82 Å². The molecule has 0 radical (unpaired) electrons. The van der Waals surface area contributed by atoms with Crippen molar-refractivity contribution < 1.29 is 13.6 Å². The van der Waals surface area contributed by atoms with Crippen molar-refractivity contribution in [2.75, 3.05) is 5.32 Å². The number of hydrogen-bond acceptors (Lipinski definition) is 4. The number of amides is 1. The van der Waals surface area contributed by atoms with E-state index in [0.717, 1.165) is 27.9 Å². The smallest absolute Gasteiger partial charge is 0.255 e. The molecule has 2 heterocycles. The Labute approximate surface area is 177 Å². The third kappa shape index (κ3) is 4.49. The van der Waals surface area contributed by atoms with Crippen LogP contribution >= 0.6 is 11.3 Å². The number of aromatic nitrogens is 1. The fourth-order valence-electron chi connectivity index (χ4n) is 3.10. The van der Waals surface area contributed by atoms with Crippen LogP contribution in [0.5, 0.6) is 0 Å². The summed E-state index contributed by atoms with van der Waals surface area (Å²) < 4.78 is 27.7. The first-order valence-electron chi connectivity index (χ1n) is 9.41. The maximum atomic E-state index is 13.4. The van der Waals surface area contributed by atoms with Gasteiger partial charge in [0.05, 0.1) is 17.6 Å². The van der Waals surface area contributed by atoms with Gasteiger partial charge in [0.25, 0.3) is 5.91 Å². The van der Waals surface area contributed by atoms with Crippen LogP contribution in [0, 0.1) is 11.6 Å². The largest absolute Gasteiger partial charge is 0.364 e. The molecule has 4 nitrogen and oxygen atoms in total. The van der Waals surface area contributed by atoms with Gasteiger partial charge in [0, 0.05) is 16.8 Å². The highest BCUT2D eigenvalue weighted by molar-refractivity contribution is 7.20. The number of halogens is 2. The Kier molecular flexibility index (Phi) is 5.76. The quantitative estimate of drug-likeness (QED) is 0.470. The topological polar surface area (TPSA) is 54.0 Å². The lowest BCUT2D eigenvalue weighted by atomic mass is 10.1. The molecule has 2 N–H and O–H groups in total. The van der Waals surface area contributed by atoms with Crippen LogP contribution in [0.25, 0.3) is 10.9 Å². The molecular weight excluding hydrogens is 403 g/mol. The van der Waals surface area contributed by atoms with Crippen molar-refractivity contribution in [3.8, 4) is 0 Å². The minimum atomic E-state index is -0.942. The van der Waals surface area contributed by atoms with E-state index in [1.807, 2.05) is 44.2 Å². The van der Waals surface area contributed by atoms with E-state index in [2.05, 4.69) is 15.6 Å². The van der Waals surface area contributed by atoms with Crippen LogP contribution in [0.2, 0.25) is 0 Å². The fraction of sp³-hybridized carbons (Fsp3) is 0.0909. The summed E-state index contributed by atoms with van der Waals surface area (Å²) in [5.74, 6) is -1.73. The maximum absolute atomic E-state index is 13.4. The summed E-state index contributed by atoms with van der Waals surface area (Å²) in [6.07, 6.45) is 0. The van der Waals surface area contributed by atoms with Crippen LogP contribution in [-0.4, -0.2) is 18.7 Å². The SMILES string of the molecule is Bc1ccc(CNc2nc3ccccc3cc2C(=O)NCc2ccc(F)c(F)c2)s1. The summed E-state index contributed by atoms with van der Waals surface area (Å²) >= 11 is 1.68. The highest BCUT2D eigenvalue weighted by Crippen LogP contribution is 2.22. The molecule has 4 aromatic rings. The molecule has 30 heavy (non-hydrogen) atoms. The standard InChI is InChI=1S/C22H18BF2N3OS/c23-20-8-6-15(30-20)12-26-21-16(10-14-3-1-2-4-19(14)28-21)22(29)27-11-13-5-7-17(24)18(25)9-13/h1-10H,11-12,23H2,(H,26,28)(H,27,29). The fourth-order valence-corrected chi connectivity index (χ4v) is 3.93. The van der Waals surface area contributed by atoms with Gasteiger partial charge in [-0.2, -0.15) is 11.3 Å². The number of pyridine rings is 1. The van der Waals surface area contributed by atoms with Gasteiger partial charge in [-0.25, -0.2) is 13.8 Å². The Morgan fingerprint density at radius 3 is 2.60 bits per heavy atom. The van der Waals surface area contributed by atoms with E-state index in [0.29, 0.717) is 23.5 Å². The van der Waals surface area contributed by atoms with Gasteiger partial charge >= 0.3 is 0 Å². The Morgan fingerprint density at radius 2 is 1.83 bits per heavy atom. The molecule has 8 heteroatoms. The number of rotatable bonds is 6. The van der Waals surface area contributed by atoms with Gasteiger partial charge < -0.3 is 10.6 Å². The first kappa shape index (κ1) is 20.0. The summed E-state index contributed by atoms with van der Waals surface area (Å²) in [5.41, 5.74) is 1.64. The van der Waals surface area contributed by atoms with E-state index in [-0.39, 0.29) is 12.5 Å². The number of para-hydroxylation sites is 1. The van der Waals surface area contributed by atoms with Crippen LogP contribution in [0.15, 0.2) is 60.7 Å². The normalized spacial score (nSPS) is 10.9. The summed E-state index contributed by atoms with van der Waals surface area (Å²) in [4.78, 5) is 18.7. The minimum Gasteiger partial charge on any atom is -0.364 e. The number of nitrogens with zero attached hydrogens (tertiary/aromatic N) is 1. The van der Waals surface area contributed by atoms with Crippen LogP contribution in [0.3, 0.4) is 0 Å². The number of thiophene rings is 1. The van der Waals surface area contributed by atoms with Gasteiger partial charge in [-0.3, -0.25) is 4.79 Å². The van der Waals surface area contributed by atoms with Crippen molar-refractivity contribution in [2.24, 2.45) is 0 Å². The maximum Gasteiger partial charge on any atom is 0.255 e. The second-order valence-corrected chi connectivity index (χ2v) is 8.25. The second kappa shape index (κ2) is 8.63. The number of benzene rings is 2. The number of carbonyl (C=O) groups is 1. The number of fused-ring (bicyclic) bond motifs is 1. The van der Waals surface area contributed by atoms with E-state index in [9.17, 15) is 13.6 Å². The molecule has 0 unspecified atom stereocenters. The monoisotopic (exact) mass is 421 g/mol. The molecule has 0 aliphatic heterocycles. The molecule has 1 amide bonds. The molecular formula is C22H18BF2N3OS. The molecule has 0 saturated carbocycles. The average molecular weight is 421 g/mol. The van der Waals surface area contributed by atoms with E-state index in [1.165, 1.54) is 10.8 Å². The van der Waals surface area contributed by atoms with Crippen molar-refractivity contribution in [3.63, 3.8) is 0 Å². The van der Waals surface area contributed by atoms with Crippen molar-refractivity contribution in [2.45, 2.75) is 13.1 Å². The summed E-state index contributed by atoms with van der Waals surface area (Å²) in [6, 6.07) is 17.0. The van der Waals surface area contributed by atoms with E-state index in [1.54, 1.807) is 17.4 Å². The Bertz CT molecular complexity index is 1230. The van der Waals surface area contributed by atoms with Gasteiger partial charge in [0.2, 0.25) is 0 Å². The van der Waals surface area contributed by atoms with Crippen molar-refractivity contribution in [3.05, 3.63) is 88.3 Å². The zero-order valence-corrected chi connectivity index (χ0v) is 17.0. The number of anilines is 1. The summed E-state index contributed by atoms with van der Waals surface area (Å²) in [7, 11) is 2.04. The number of nitrogens with one attached hydrogen (secondary N) is 2. The highest BCUT2D eigenvalue weighted by Gasteiger charge is 2.15. The highest BCUT2D eigenvalue weighted by atomic mass is 32.1. The molecule has 2 aromatic heterocycles. The Balaban J connectivity index is 1.58. The first-order valence-corrected chi connectivity index (χ1v) is 10.2. The molecule has 0 atom stereocenters. The van der Waals surface area contributed by atoms with E-state index in [4.69, 9.17) is 0 Å². The minimum absolute atomic E-state index is 0.0758. The predicted molar refractivity (Wildman–Crippen MR) is 119 cm³/mol. The van der Waals surface area contributed by atoms with Crippen LogP contribution in [0.1, 0.15) is 20.8 Å². The Morgan fingerprint density at radius 1 is 1.00 bits per heavy atom. The molecule has 0 aliphatic rings. The summed E-state index contributed by atoms with van der Waals surface area (Å²) in [5, 5.41) is 6.86. The zero-order chi connectivity index (χ0) is 21.1. The molecule has 4 rings (SSSR count). The second-order valence-electron chi connectivity index (χ2n) is 6.87. The van der Waals surface area contributed by atoms with Crippen LogP contribution in [0.4, 0.5) is 14.6 Å². The van der Waals surface area contributed by atoms with Crippen LogP contribution < -0.4 is 15.4 Å². The van der Waals surface area contributed by atoms with E-state index >= 15 is 0 Å². The van der Waals surface area contributed by atoms with Gasteiger partial charge in [-0.15, -0.1) is 0 Å². The van der Waals surface area contributed by atoms with Crippen molar-refractivity contribution >= 4 is 46.6 Å². The zero-order valence-electron chi connectivity index (χ0n) is 16.2. The predicted octanol–water partition coefficient (Wildman–Crippen LogP) is 3.38. The molecule has 0 spiro atoms. The lowest BCUT2D eigenvalue weighted by Gasteiger charge is -2.13. The third-order valence-corrected chi connectivity index (χ3v) is 5.63. The Hall–Kier alpha value is -3.26. The molecule has 150 valence electrons.